The van der Waals surface area contributed by atoms with E-state index in [2.05, 4.69) is 4.74 Å². The molecule has 0 spiro atoms. The standard InChI is InChI=1S/C15H25NO7/c1-6-21-13(18)7-12(17)16(8-14(19)22-10(2)3)9-15(20)23-11(4)5/h10-11H,6-9H2,1-5H3. The van der Waals surface area contributed by atoms with E-state index in [1.54, 1.807) is 34.6 Å². The Labute approximate surface area is 136 Å². The molecule has 0 aliphatic carbocycles. The fourth-order valence-corrected chi connectivity index (χ4v) is 1.59. The van der Waals surface area contributed by atoms with E-state index in [-0.39, 0.29) is 18.8 Å². The Morgan fingerprint density at radius 1 is 0.826 bits per heavy atom. The van der Waals surface area contributed by atoms with Crippen LogP contribution in [0.1, 0.15) is 41.0 Å². The lowest BCUT2D eigenvalue weighted by atomic mass is 10.3. The molecule has 0 heterocycles. The summed E-state index contributed by atoms with van der Waals surface area (Å²) in [6, 6.07) is 0. The quantitative estimate of drug-likeness (QED) is 0.348. The van der Waals surface area contributed by atoms with Gasteiger partial charge in [0, 0.05) is 0 Å². The summed E-state index contributed by atoms with van der Waals surface area (Å²) in [5.74, 6) is -2.77. The van der Waals surface area contributed by atoms with Gasteiger partial charge in [-0.05, 0) is 34.6 Å². The normalized spacial score (nSPS) is 10.4. The molecule has 8 heteroatoms. The van der Waals surface area contributed by atoms with Gasteiger partial charge in [-0.1, -0.05) is 0 Å². The highest BCUT2D eigenvalue weighted by atomic mass is 16.6. The average molecular weight is 331 g/mol. The maximum atomic E-state index is 12.1. The van der Waals surface area contributed by atoms with E-state index in [1.807, 2.05) is 0 Å². The van der Waals surface area contributed by atoms with Crippen molar-refractivity contribution < 1.29 is 33.4 Å². The molecule has 0 N–H and O–H groups in total. The monoisotopic (exact) mass is 331 g/mol. The number of hydrogen-bond donors (Lipinski definition) is 0. The fourth-order valence-electron chi connectivity index (χ4n) is 1.59. The van der Waals surface area contributed by atoms with Crippen molar-refractivity contribution in [2.45, 2.75) is 53.2 Å². The van der Waals surface area contributed by atoms with Crippen LogP contribution >= 0.6 is 0 Å². The minimum atomic E-state index is -0.725. The van der Waals surface area contributed by atoms with Crippen LogP contribution in [0.2, 0.25) is 0 Å². The van der Waals surface area contributed by atoms with Gasteiger partial charge in [0.15, 0.2) is 0 Å². The molecule has 0 saturated carbocycles. The summed E-state index contributed by atoms with van der Waals surface area (Å²) in [5.41, 5.74) is 0. The van der Waals surface area contributed by atoms with Gasteiger partial charge < -0.3 is 19.1 Å². The second-order valence-corrected chi connectivity index (χ2v) is 5.31. The van der Waals surface area contributed by atoms with Gasteiger partial charge in [0.2, 0.25) is 5.91 Å². The van der Waals surface area contributed by atoms with Crippen molar-refractivity contribution in [2.24, 2.45) is 0 Å². The molecule has 0 aliphatic heterocycles. The van der Waals surface area contributed by atoms with Crippen LogP contribution < -0.4 is 0 Å². The predicted molar refractivity (Wildman–Crippen MR) is 80.3 cm³/mol. The Hall–Kier alpha value is -2.12. The number of hydrogen-bond acceptors (Lipinski definition) is 7. The smallest absolute Gasteiger partial charge is 0.325 e. The van der Waals surface area contributed by atoms with Crippen molar-refractivity contribution in [1.82, 2.24) is 4.90 Å². The Kier molecular flexibility index (Phi) is 9.60. The van der Waals surface area contributed by atoms with Crippen molar-refractivity contribution in [3.8, 4) is 0 Å². The number of carbonyl (C=O) groups excluding carboxylic acids is 4. The van der Waals surface area contributed by atoms with E-state index in [1.165, 1.54) is 0 Å². The van der Waals surface area contributed by atoms with Crippen molar-refractivity contribution in [1.29, 1.82) is 0 Å². The van der Waals surface area contributed by atoms with Gasteiger partial charge in [0.25, 0.3) is 0 Å². The molecule has 0 aromatic heterocycles. The van der Waals surface area contributed by atoms with Crippen molar-refractivity contribution in [3.05, 3.63) is 0 Å². The van der Waals surface area contributed by atoms with E-state index in [9.17, 15) is 19.2 Å². The van der Waals surface area contributed by atoms with Gasteiger partial charge in [0.05, 0.1) is 18.8 Å². The maximum absolute atomic E-state index is 12.1. The second-order valence-electron chi connectivity index (χ2n) is 5.31. The van der Waals surface area contributed by atoms with E-state index < -0.39 is 43.3 Å². The lowest BCUT2D eigenvalue weighted by Gasteiger charge is -2.21. The van der Waals surface area contributed by atoms with E-state index in [0.29, 0.717) is 0 Å². The third kappa shape index (κ3) is 10.3. The van der Waals surface area contributed by atoms with Crippen LogP contribution in [-0.2, 0) is 33.4 Å². The second kappa shape index (κ2) is 10.6. The molecule has 23 heavy (non-hydrogen) atoms. The first kappa shape index (κ1) is 20.9. The van der Waals surface area contributed by atoms with Crippen LogP contribution in [0.5, 0.6) is 0 Å². The van der Waals surface area contributed by atoms with Crippen LogP contribution in [-0.4, -0.2) is 60.6 Å². The predicted octanol–water partition coefficient (Wildman–Crippen LogP) is 0.671. The molecular weight excluding hydrogens is 306 g/mol. The average Bonchev–Trinajstić information content (AvgIpc) is 2.35. The van der Waals surface area contributed by atoms with Gasteiger partial charge >= 0.3 is 17.9 Å². The number of nitrogens with zero attached hydrogens (tertiary/aromatic N) is 1. The molecule has 0 unspecified atom stereocenters. The molecule has 0 bridgehead atoms. The molecule has 0 atom stereocenters. The van der Waals surface area contributed by atoms with Crippen LogP contribution in [0.15, 0.2) is 0 Å². The third-order valence-electron chi connectivity index (χ3n) is 2.33. The third-order valence-corrected chi connectivity index (χ3v) is 2.33. The minimum Gasteiger partial charge on any atom is -0.466 e. The zero-order valence-corrected chi connectivity index (χ0v) is 14.3. The molecule has 1 amide bonds. The first-order valence-electron chi connectivity index (χ1n) is 7.48. The molecule has 0 radical (unpaired) electrons. The SMILES string of the molecule is CCOC(=O)CC(=O)N(CC(=O)OC(C)C)CC(=O)OC(C)C. The molecule has 0 aromatic carbocycles. The van der Waals surface area contributed by atoms with Crippen LogP contribution in [0.25, 0.3) is 0 Å². The Balaban J connectivity index is 4.83. The Morgan fingerprint density at radius 2 is 1.26 bits per heavy atom. The maximum Gasteiger partial charge on any atom is 0.325 e. The van der Waals surface area contributed by atoms with E-state index in [0.717, 1.165) is 4.90 Å². The summed E-state index contributed by atoms with van der Waals surface area (Å²) in [6.45, 7) is 7.51. The summed E-state index contributed by atoms with van der Waals surface area (Å²) in [6.07, 6.45) is -1.27. The number of rotatable bonds is 9. The van der Waals surface area contributed by atoms with Crippen molar-refractivity contribution >= 4 is 23.8 Å². The number of esters is 3. The van der Waals surface area contributed by atoms with Gasteiger partial charge in [0.1, 0.15) is 19.5 Å². The molecule has 0 fully saturated rings. The van der Waals surface area contributed by atoms with Gasteiger partial charge in [-0.2, -0.15) is 0 Å². The number of amides is 1. The molecule has 0 aliphatic rings. The van der Waals surface area contributed by atoms with Crippen LogP contribution in [0, 0.1) is 0 Å². The Morgan fingerprint density at radius 3 is 1.61 bits per heavy atom. The summed E-state index contributed by atoms with van der Waals surface area (Å²) in [7, 11) is 0. The molecule has 0 saturated heterocycles. The van der Waals surface area contributed by atoms with Gasteiger partial charge in [-0.25, -0.2) is 0 Å². The van der Waals surface area contributed by atoms with Crippen molar-refractivity contribution in [2.75, 3.05) is 19.7 Å². The van der Waals surface area contributed by atoms with E-state index in [4.69, 9.17) is 9.47 Å². The number of ether oxygens (including phenoxy) is 3. The topological polar surface area (TPSA) is 99.2 Å². The lowest BCUT2D eigenvalue weighted by molar-refractivity contribution is -0.160. The summed E-state index contributed by atoms with van der Waals surface area (Å²) in [4.78, 5) is 47.8. The highest BCUT2D eigenvalue weighted by Gasteiger charge is 2.24. The lowest BCUT2D eigenvalue weighted by Crippen LogP contribution is -2.42. The molecular formula is C15H25NO7. The van der Waals surface area contributed by atoms with Crippen molar-refractivity contribution in [3.63, 3.8) is 0 Å². The minimum absolute atomic E-state index is 0.136. The highest BCUT2D eigenvalue weighted by molar-refractivity contribution is 5.96. The molecule has 0 rings (SSSR count). The molecule has 0 aromatic rings. The van der Waals surface area contributed by atoms with Crippen LogP contribution in [0.4, 0.5) is 0 Å². The summed E-state index contributed by atoms with van der Waals surface area (Å²) in [5, 5.41) is 0. The Bertz CT molecular complexity index is 408. The highest BCUT2D eigenvalue weighted by Crippen LogP contribution is 2.02. The fraction of sp³-hybridized carbons (Fsp3) is 0.733. The van der Waals surface area contributed by atoms with Gasteiger partial charge in [-0.15, -0.1) is 0 Å². The first-order chi connectivity index (χ1) is 10.6. The summed E-state index contributed by atoms with van der Waals surface area (Å²) >= 11 is 0. The largest absolute Gasteiger partial charge is 0.466 e. The van der Waals surface area contributed by atoms with E-state index >= 15 is 0 Å². The van der Waals surface area contributed by atoms with Crippen LogP contribution in [0.3, 0.4) is 0 Å². The number of carbonyl (C=O) groups is 4. The zero-order valence-electron chi connectivity index (χ0n) is 14.3. The molecule has 8 nitrogen and oxygen atoms in total. The zero-order chi connectivity index (χ0) is 18.0. The summed E-state index contributed by atoms with van der Waals surface area (Å²) < 4.78 is 14.6. The van der Waals surface area contributed by atoms with Gasteiger partial charge in [-0.3, -0.25) is 19.2 Å². The first-order valence-corrected chi connectivity index (χ1v) is 7.48. The molecule has 132 valence electrons.